The average molecular weight is 315 g/mol. The van der Waals surface area contributed by atoms with Gasteiger partial charge in [0.2, 0.25) is 11.7 Å². The first-order valence-corrected chi connectivity index (χ1v) is 7.73. The minimum absolute atomic E-state index is 0.0258. The Hall–Kier alpha value is -2.63. The lowest BCUT2D eigenvalue weighted by atomic mass is 10.1. The summed E-state index contributed by atoms with van der Waals surface area (Å²) in [5.41, 5.74) is 1.49. The zero-order valence-electron chi connectivity index (χ0n) is 13.4. The van der Waals surface area contributed by atoms with Crippen LogP contribution >= 0.6 is 0 Å². The van der Waals surface area contributed by atoms with Crippen LogP contribution in [0.25, 0.3) is 11.3 Å². The molecule has 6 heteroatoms. The molecule has 6 nitrogen and oxygen atoms in total. The Balaban J connectivity index is 1.87. The van der Waals surface area contributed by atoms with Gasteiger partial charge in [0.25, 0.3) is 5.91 Å². The molecule has 0 aliphatic heterocycles. The van der Waals surface area contributed by atoms with Crippen molar-refractivity contribution < 1.29 is 14.1 Å². The second-order valence-corrected chi connectivity index (χ2v) is 5.01. The van der Waals surface area contributed by atoms with E-state index in [4.69, 9.17) is 4.52 Å². The first-order chi connectivity index (χ1) is 11.2. The highest BCUT2D eigenvalue weighted by atomic mass is 16.5. The molecule has 1 N–H and O–H groups in total. The third-order valence-electron chi connectivity index (χ3n) is 3.54. The van der Waals surface area contributed by atoms with Crippen LogP contribution in [-0.2, 0) is 4.79 Å². The number of carbonyl (C=O) groups excluding carboxylic acids is 2. The molecule has 0 unspecified atom stereocenters. The molecule has 0 bridgehead atoms. The molecule has 0 saturated carbocycles. The van der Waals surface area contributed by atoms with E-state index in [1.807, 2.05) is 44.2 Å². The summed E-state index contributed by atoms with van der Waals surface area (Å²) in [7, 11) is 0. The van der Waals surface area contributed by atoms with Gasteiger partial charge in [0.15, 0.2) is 0 Å². The Morgan fingerprint density at radius 1 is 1.17 bits per heavy atom. The number of rotatable bonds is 7. The molecule has 0 aliphatic carbocycles. The maximum atomic E-state index is 12.0. The van der Waals surface area contributed by atoms with Gasteiger partial charge in [-0.25, -0.2) is 0 Å². The first kappa shape index (κ1) is 16.7. The highest BCUT2D eigenvalue weighted by Gasteiger charge is 2.15. The Kier molecular flexibility index (Phi) is 5.91. The summed E-state index contributed by atoms with van der Waals surface area (Å²) in [6, 6.07) is 11.1. The highest BCUT2D eigenvalue weighted by molar-refractivity contribution is 5.92. The van der Waals surface area contributed by atoms with E-state index >= 15 is 0 Å². The maximum Gasteiger partial charge on any atom is 0.289 e. The molecule has 0 radical (unpaired) electrons. The third-order valence-corrected chi connectivity index (χ3v) is 3.54. The lowest BCUT2D eigenvalue weighted by Gasteiger charge is -2.18. The summed E-state index contributed by atoms with van der Waals surface area (Å²) in [5.74, 6) is -0.205. The van der Waals surface area contributed by atoms with Gasteiger partial charge in [0.1, 0.15) is 5.69 Å². The Morgan fingerprint density at radius 2 is 1.87 bits per heavy atom. The number of benzene rings is 1. The summed E-state index contributed by atoms with van der Waals surface area (Å²) in [5, 5.41) is 6.57. The van der Waals surface area contributed by atoms with Gasteiger partial charge in [-0.15, -0.1) is 0 Å². The second-order valence-electron chi connectivity index (χ2n) is 5.01. The summed E-state index contributed by atoms with van der Waals surface area (Å²) in [6.45, 7) is 5.48. The van der Waals surface area contributed by atoms with Gasteiger partial charge in [0.05, 0.1) is 0 Å². The fraction of sp³-hybridized carbons (Fsp3) is 0.353. The van der Waals surface area contributed by atoms with Gasteiger partial charge in [-0.2, -0.15) is 0 Å². The second kappa shape index (κ2) is 8.12. The van der Waals surface area contributed by atoms with Crippen LogP contribution < -0.4 is 5.32 Å². The van der Waals surface area contributed by atoms with Crippen LogP contribution in [0.5, 0.6) is 0 Å². The molecule has 2 amide bonds. The van der Waals surface area contributed by atoms with E-state index in [9.17, 15) is 9.59 Å². The SMILES string of the molecule is CCN(CC)C(=O)CCNC(=O)c1cc(-c2ccccc2)no1. The Morgan fingerprint density at radius 3 is 2.52 bits per heavy atom. The van der Waals surface area contributed by atoms with Crippen LogP contribution in [0.3, 0.4) is 0 Å². The molecule has 23 heavy (non-hydrogen) atoms. The van der Waals surface area contributed by atoms with E-state index in [1.54, 1.807) is 11.0 Å². The molecule has 0 spiro atoms. The number of hydrogen-bond acceptors (Lipinski definition) is 4. The smallest absolute Gasteiger partial charge is 0.289 e. The topological polar surface area (TPSA) is 75.4 Å². The molecule has 0 atom stereocenters. The highest BCUT2D eigenvalue weighted by Crippen LogP contribution is 2.18. The van der Waals surface area contributed by atoms with Crippen molar-refractivity contribution in [3.05, 3.63) is 42.2 Å². The fourth-order valence-electron chi connectivity index (χ4n) is 2.23. The van der Waals surface area contributed by atoms with Crippen LogP contribution in [-0.4, -0.2) is 41.5 Å². The largest absolute Gasteiger partial charge is 0.350 e. The van der Waals surface area contributed by atoms with Crippen LogP contribution in [0.15, 0.2) is 40.9 Å². The third kappa shape index (κ3) is 4.42. The summed E-state index contributed by atoms with van der Waals surface area (Å²) >= 11 is 0. The van der Waals surface area contributed by atoms with Crippen LogP contribution in [0.1, 0.15) is 30.8 Å². The van der Waals surface area contributed by atoms with Gasteiger partial charge in [-0.05, 0) is 13.8 Å². The predicted octanol–water partition coefficient (Wildman–Crippen LogP) is 2.33. The van der Waals surface area contributed by atoms with E-state index < -0.39 is 0 Å². The summed E-state index contributed by atoms with van der Waals surface area (Å²) < 4.78 is 5.07. The van der Waals surface area contributed by atoms with Crippen molar-refractivity contribution in [2.24, 2.45) is 0 Å². The molecule has 1 aromatic carbocycles. The molecule has 122 valence electrons. The molecule has 1 heterocycles. The zero-order chi connectivity index (χ0) is 16.7. The van der Waals surface area contributed by atoms with Crippen molar-refractivity contribution in [2.75, 3.05) is 19.6 Å². The molecule has 0 fully saturated rings. The molecule has 2 aromatic rings. The summed E-state index contributed by atoms with van der Waals surface area (Å²) in [4.78, 5) is 25.6. The molecule has 0 aliphatic rings. The molecule has 0 saturated heterocycles. The average Bonchev–Trinajstić information content (AvgIpc) is 3.07. The van der Waals surface area contributed by atoms with Gasteiger partial charge in [-0.1, -0.05) is 35.5 Å². The van der Waals surface area contributed by atoms with Crippen molar-refractivity contribution >= 4 is 11.8 Å². The van der Waals surface area contributed by atoms with Gasteiger partial charge in [-0.3, -0.25) is 9.59 Å². The van der Waals surface area contributed by atoms with Gasteiger partial charge in [0, 0.05) is 37.7 Å². The molecule has 2 rings (SSSR count). The molecular weight excluding hydrogens is 294 g/mol. The number of nitrogens with one attached hydrogen (secondary N) is 1. The Bertz CT molecular complexity index is 648. The number of amides is 2. The maximum absolute atomic E-state index is 12.0. The lowest BCUT2D eigenvalue weighted by molar-refractivity contribution is -0.130. The van der Waals surface area contributed by atoms with E-state index in [0.717, 1.165) is 5.56 Å². The van der Waals surface area contributed by atoms with Gasteiger partial charge < -0.3 is 14.7 Å². The number of aromatic nitrogens is 1. The van der Waals surface area contributed by atoms with E-state index in [1.165, 1.54) is 0 Å². The number of hydrogen-bond donors (Lipinski definition) is 1. The first-order valence-electron chi connectivity index (χ1n) is 7.73. The Labute approximate surface area is 135 Å². The quantitative estimate of drug-likeness (QED) is 0.851. The molecular formula is C17H21N3O3. The van der Waals surface area contributed by atoms with E-state index in [0.29, 0.717) is 18.8 Å². The molecule has 1 aromatic heterocycles. The standard InChI is InChI=1S/C17H21N3O3/c1-3-20(4-2)16(21)10-11-18-17(22)15-12-14(19-23-15)13-8-6-5-7-9-13/h5-9,12H,3-4,10-11H2,1-2H3,(H,18,22). The normalized spacial score (nSPS) is 10.3. The van der Waals surface area contributed by atoms with Crippen LogP contribution in [0, 0.1) is 0 Å². The minimum Gasteiger partial charge on any atom is -0.350 e. The monoisotopic (exact) mass is 315 g/mol. The van der Waals surface area contributed by atoms with Crippen molar-refractivity contribution in [3.8, 4) is 11.3 Å². The lowest BCUT2D eigenvalue weighted by Crippen LogP contribution is -2.34. The number of carbonyl (C=O) groups is 2. The van der Waals surface area contributed by atoms with Crippen LogP contribution in [0.2, 0.25) is 0 Å². The van der Waals surface area contributed by atoms with Gasteiger partial charge >= 0.3 is 0 Å². The fourth-order valence-corrected chi connectivity index (χ4v) is 2.23. The van der Waals surface area contributed by atoms with Crippen molar-refractivity contribution in [1.82, 2.24) is 15.4 Å². The van der Waals surface area contributed by atoms with Crippen LogP contribution in [0.4, 0.5) is 0 Å². The van der Waals surface area contributed by atoms with E-state index in [2.05, 4.69) is 10.5 Å². The van der Waals surface area contributed by atoms with Crippen molar-refractivity contribution in [1.29, 1.82) is 0 Å². The minimum atomic E-state index is -0.368. The number of nitrogens with zero attached hydrogens (tertiary/aromatic N) is 2. The zero-order valence-corrected chi connectivity index (χ0v) is 13.4. The predicted molar refractivity (Wildman–Crippen MR) is 86.8 cm³/mol. The van der Waals surface area contributed by atoms with Crippen molar-refractivity contribution in [2.45, 2.75) is 20.3 Å². The summed E-state index contributed by atoms with van der Waals surface area (Å²) in [6.07, 6.45) is 0.271. The van der Waals surface area contributed by atoms with Crippen molar-refractivity contribution in [3.63, 3.8) is 0 Å². The van der Waals surface area contributed by atoms with E-state index in [-0.39, 0.29) is 30.5 Å².